The Bertz CT molecular complexity index is 166. The lowest BCUT2D eigenvalue weighted by Gasteiger charge is -2.17. The van der Waals surface area contributed by atoms with E-state index in [1.807, 2.05) is 0 Å². The van der Waals surface area contributed by atoms with E-state index in [1.165, 1.54) is 64.2 Å². The highest BCUT2D eigenvalue weighted by molar-refractivity contribution is 4.76. The lowest BCUT2D eigenvalue weighted by atomic mass is 9.94. The van der Waals surface area contributed by atoms with Crippen molar-refractivity contribution in [3.63, 3.8) is 0 Å². The first-order valence-corrected chi connectivity index (χ1v) is 7.68. The molecule has 0 aliphatic carbocycles. The molecular weight excluding hydrogens is 210 g/mol. The van der Waals surface area contributed by atoms with Gasteiger partial charge in [0.15, 0.2) is 0 Å². The smallest absolute Gasteiger partial charge is 0.0509 e. The highest BCUT2D eigenvalue weighted by Gasteiger charge is 2.21. The topological polar surface area (TPSA) is 35.2 Å². The standard InChI is InChI=1S/C15H31NO/c1-2-3-4-5-6-7-8-9-10-15(16)14-11-12-17-13-14/h14-15H,2-13,16H2,1H3. The third-order valence-corrected chi connectivity index (χ3v) is 3.96. The van der Waals surface area contributed by atoms with E-state index in [0.717, 1.165) is 13.2 Å². The molecule has 0 aromatic heterocycles. The Morgan fingerprint density at radius 2 is 1.71 bits per heavy atom. The van der Waals surface area contributed by atoms with E-state index < -0.39 is 0 Å². The van der Waals surface area contributed by atoms with Crippen LogP contribution in [-0.2, 0) is 4.74 Å². The van der Waals surface area contributed by atoms with Crippen molar-refractivity contribution in [1.29, 1.82) is 0 Å². The van der Waals surface area contributed by atoms with Crippen LogP contribution in [0.2, 0.25) is 0 Å². The van der Waals surface area contributed by atoms with Crippen molar-refractivity contribution >= 4 is 0 Å². The van der Waals surface area contributed by atoms with Gasteiger partial charge in [0.2, 0.25) is 0 Å². The molecule has 17 heavy (non-hydrogen) atoms. The van der Waals surface area contributed by atoms with Gasteiger partial charge in [-0.2, -0.15) is 0 Å². The summed E-state index contributed by atoms with van der Waals surface area (Å²) in [6, 6.07) is 0.387. The van der Waals surface area contributed by atoms with Gasteiger partial charge >= 0.3 is 0 Å². The fourth-order valence-corrected chi connectivity index (χ4v) is 2.64. The fourth-order valence-electron chi connectivity index (χ4n) is 2.64. The molecule has 2 unspecified atom stereocenters. The lowest BCUT2D eigenvalue weighted by molar-refractivity contribution is 0.179. The molecule has 0 aromatic carbocycles. The molecule has 2 atom stereocenters. The molecular formula is C15H31NO. The third-order valence-electron chi connectivity index (χ3n) is 3.96. The summed E-state index contributed by atoms with van der Waals surface area (Å²) in [5.74, 6) is 0.638. The molecule has 1 aliphatic heterocycles. The Hall–Kier alpha value is -0.0800. The van der Waals surface area contributed by atoms with Crippen LogP contribution in [0.1, 0.15) is 71.1 Å². The average molecular weight is 241 g/mol. The van der Waals surface area contributed by atoms with E-state index in [2.05, 4.69) is 6.92 Å². The first kappa shape index (κ1) is 15.0. The molecule has 2 N–H and O–H groups in total. The van der Waals surface area contributed by atoms with Gasteiger partial charge in [-0.05, 0) is 18.8 Å². The van der Waals surface area contributed by atoms with E-state index in [4.69, 9.17) is 10.5 Å². The molecule has 1 fully saturated rings. The molecule has 2 nitrogen and oxygen atoms in total. The Kier molecular flexibility index (Phi) is 8.72. The van der Waals surface area contributed by atoms with Crippen molar-refractivity contribution in [2.75, 3.05) is 13.2 Å². The number of ether oxygens (including phenoxy) is 1. The van der Waals surface area contributed by atoms with Gasteiger partial charge in [-0.25, -0.2) is 0 Å². The van der Waals surface area contributed by atoms with Crippen LogP contribution in [0, 0.1) is 5.92 Å². The predicted octanol–water partition coefficient (Wildman–Crippen LogP) is 3.88. The molecule has 0 aromatic rings. The fraction of sp³-hybridized carbons (Fsp3) is 1.00. The summed E-state index contributed by atoms with van der Waals surface area (Å²) in [6.45, 7) is 4.10. The minimum atomic E-state index is 0.387. The second-order valence-corrected chi connectivity index (χ2v) is 5.55. The Morgan fingerprint density at radius 3 is 2.29 bits per heavy atom. The molecule has 1 saturated heterocycles. The van der Waals surface area contributed by atoms with E-state index in [9.17, 15) is 0 Å². The zero-order valence-electron chi connectivity index (χ0n) is 11.6. The number of hydrogen-bond donors (Lipinski definition) is 1. The van der Waals surface area contributed by atoms with E-state index in [0.29, 0.717) is 12.0 Å². The van der Waals surface area contributed by atoms with E-state index in [1.54, 1.807) is 0 Å². The maximum absolute atomic E-state index is 6.18. The van der Waals surface area contributed by atoms with Crippen LogP contribution in [0.15, 0.2) is 0 Å². The van der Waals surface area contributed by atoms with Gasteiger partial charge < -0.3 is 10.5 Å². The monoisotopic (exact) mass is 241 g/mol. The quantitative estimate of drug-likeness (QED) is 0.589. The van der Waals surface area contributed by atoms with Crippen LogP contribution in [0.25, 0.3) is 0 Å². The molecule has 0 amide bonds. The molecule has 0 radical (unpaired) electrons. The van der Waals surface area contributed by atoms with Gasteiger partial charge in [0.1, 0.15) is 0 Å². The molecule has 1 rings (SSSR count). The summed E-state index contributed by atoms with van der Waals surface area (Å²) in [5, 5.41) is 0. The molecule has 0 spiro atoms. The minimum Gasteiger partial charge on any atom is -0.381 e. The maximum Gasteiger partial charge on any atom is 0.0509 e. The van der Waals surface area contributed by atoms with Crippen molar-refractivity contribution < 1.29 is 4.74 Å². The predicted molar refractivity (Wildman–Crippen MR) is 74.1 cm³/mol. The van der Waals surface area contributed by atoms with Crippen LogP contribution in [0.4, 0.5) is 0 Å². The van der Waals surface area contributed by atoms with Crippen molar-refractivity contribution in [3.8, 4) is 0 Å². The third kappa shape index (κ3) is 7.05. The van der Waals surface area contributed by atoms with Crippen LogP contribution < -0.4 is 5.73 Å². The number of unbranched alkanes of at least 4 members (excludes halogenated alkanes) is 7. The number of nitrogens with two attached hydrogens (primary N) is 1. The maximum atomic E-state index is 6.18. The summed E-state index contributed by atoms with van der Waals surface area (Å²) in [4.78, 5) is 0. The largest absolute Gasteiger partial charge is 0.381 e. The molecule has 1 aliphatic rings. The second kappa shape index (κ2) is 9.90. The van der Waals surface area contributed by atoms with Crippen LogP contribution >= 0.6 is 0 Å². The zero-order chi connectivity index (χ0) is 12.3. The van der Waals surface area contributed by atoms with Crippen LogP contribution in [0.5, 0.6) is 0 Å². The van der Waals surface area contributed by atoms with E-state index in [-0.39, 0.29) is 0 Å². The van der Waals surface area contributed by atoms with Gasteiger partial charge in [-0.1, -0.05) is 58.3 Å². The summed E-state index contributed by atoms with van der Waals surface area (Å²) < 4.78 is 5.38. The number of rotatable bonds is 10. The van der Waals surface area contributed by atoms with Crippen LogP contribution in [0.3, 0.4) is 0 Å². The average Bonchev–Trinajstić information content (AvgIpc) is 2.86. The van der Waals surface area contributed by atoms with Crippen molar-refractivity contribution in [3.05, 3.63) is 0 Å². The highest BCUT2D eigenvalue weighted by atomic mass is 16.5. The van der Waals surface area contributed by atoms with Crippen molar-refractivity contribution in [2.45, 2.75) is 77.2 Å². The van der Waals surface area contributed by atoms with Gasteiger partial charge in [0, 0.05) is 12.6 Å². The van der Waals surface area contributed by atoms with Gasteiger partial charge in [-0.3, -0.25) is 0 Å². The summed E-state index contributed by atoms with van der Waals surface area (Å²) in [5.41, 5.74) is 6.18. The first-order chi connectivity index (χ1) is 8.34. The molecule has 0 bridgehead atoms. The number of hydrogen-bond acceptors (Lipinski definition) is 2. The van der Waals surface area contributed by atoms with Gasteiger partial charge in [0.25, 0.3) is 0 Å². The summed E-state index contributed by atoms with van der Waals surface area (Å²) >= 11 is 0. The van der Waals surface area contributed by atoms with Crippen molar-refractivity contribution in [1.82, 2.24) is 0 Å². The van der Waals surface area contributed by atoms with Gasteiger partial charge in [0.05, 0.1) is 6.61 Å². The first-order valence-electron chi connectivity index (χ1n) is 7.68. The lowest BCUT2D eigenvalue weighted by Crippen LogP contribution is -2.30. The summed E-state index contributed by atoms with van der Waals surface area (Å²) in [6.07, 6.45) is 13.5. The van der Waals surface area contributed by atoms with Gasteiger partial charge in [-0.15, -0.1) is 0 Å². The Balaban J connectivity index is 1.83. The Labute approximate surface area is 107 Å². The van der Waals surface area contributed by atoms with Crippen molar-refractivity contribution in [2.24, 2.45) is 11.7 Å². The van der Waals surface area contributed by atoms with E-state index >= 15 is 0 Å². The zero-order valence-corrected chi connectivity index (χ0v) is 11.6. The Morgan fingerprint density at radius 1 is 1.06 bits per heavy atom. The highest BCUT2D eigenvalue weighted by Crippen LogP contribution is 2.19. The minimum absolute atomic E-state index is 0.387. The normalized spacial score (nSPS) is 21.9. The summed E-state index contributed by atoms with van der Waals surface area (Å²) in [7, 11) is 0. The van der Waals surface area contributed by atoms with Crippen LogP contribution in [-0.4, -0.2) is 19.3 Å². The molecule has 2 heteroatoms. The second-order valence-electron chi connectivity index (χ2n) is 5.55. The molecule has 0 saturated carbocycles. The molecule has 102 valence electrons. The SMILES string of the molecule is CCCCCCCCCCC(N)C1CCOC1. The molecule has 1 heterocycles.